The molecule has 0 radical (unpaired) electrons. The monoisotopic (exact) mass is 344 g/mol. The normalized spacial score (nSPS) is 11.0. The minimum atomic E-state index is -3.47. The van der Waals surface area contributed by atoms with Gasteiger partial charge in [-0.15, -0.1) is 0 Å². The van der Waals surface area contributed by atoms with Crippen LogP contribution < -0.4 is 4.72 Å². The molecule has 0 bridgehead atoms. The first-order chi connectivity index (χ1) is 11.5. The fourth-order valence-corrected chi connectivity index (χ4v) is 3.29. The Bertz CT molecular complexity index is 812. The number of nitrogens with one attached hydrogen (secondary N) is 1. The van der Waals surface area contributed by atoms with E-state index in [1.165, 1.54) is 0 Å². The zero-order valence-electron chi connectivity index (χ0n) is 13.5. The SMILES string of the molecule is Cc1ccc(C#N)cc1NS(=O)(=O)CCCOCc1ccccc1. The van der Waals surface area contributed by atoms with Gasteiger partial charge in [0.15, 0.2) is 0 Å². The van der Waals surface area contributed by atoms with Gasteiger partial charge in [0.25, 0.3) is 0 Å². The second-order valence-corrected chi connectivity index (χ2v) is 7.30. The smallest absolute Gasteiger partial charge is 0.232 e. The highest BCUT2D eigenvalue weighted by molar-refractivity contribution is 7.92. The number of aryl methyl sites for hydroxylation is 1. The van der Waals surface area contributed by atoms with Gasteiger partial charge in [0, 0.05) is 6.61 Å². The maximum absolute atomic E-state index is 12.1. The molecular weight excluding hydrogens is 324 g/mol. The van der Waals surface area contributed by atoms with Crippen LogP contribution in [-0.2, 0) is 21.4 Å². The van der Waals surface area contributed by atoms with Crippen LogP contribution >= 0.6 is 0 Å². The third-order valence-electron chi connectivity index (χ3n) is 3.45. The van der Waals surface area contributed by atoms with Crippen LogP contribution in [-0.4, -0.2) is 20.8 Å². The van der Waals surface area contributed by atoms with Crippen molar-refractivity contribution in [1.82, 2.24) is 0 Å². The van der Waals surface area contributed by atoms with Crippen LogP contribution in [0.4, 0.5) is 5.69 Å². The zero-order chi connectivity index (χ0) is 17.4. The summed E-state index contributed by atoms with van der Waals surface area (Å²) in [5.74, 6) is -0.0298. The van der Waals surface area contributed by atoms with Crippen molar-refractivity contribution < 1.29 is 13.2 Å². The first-order valence-electron chi connectivity index (χ1n) is 7.63. The number of anilines is 1. The average Bonchev–Trinajstić information content (AvgIpc) is 2.57. The molecule has 2 rings (SSSR count). The Kier molecular flexibility index (Phi) is 6.36. The fraction of sp³-hybridized carbons (Fsp3) is 0.278. The predicted octanol–water partition coefficient (Wildman–Crippen LogP) is 3.22. The third-order valence-corrected chi connectivity index (χ3v) is 4.80. The van der Waals surface area contributed by atoms with Crippen LogP contribution in [0.15, 0.2) is 48.5 Å². The van der Waals surface area contributed by atoms with Gasteiger partial charge in [-0.1, -0.05) is 36.4 Å². The Balaban J connectivity index is 1.80. The summed E-state index contributed by atoms with van der Waals surface area (Å²) in [4.78, 5) is 0. The Morgan fingerprint density at radius 1 is 1.17 bits per heavy atom. The molecule has 24 heavy (non-hydrogen) atoms. The molecule has 0 spiro atoms. The fourth-order valence-electron chi connectivity index (χ4n) is 2.14. The van der Waals surface area contributed by atoms with Crippen molar-refractivity contribution in [2.45, 2.75) is 20.0 Å². The highest BCUT2D eigenvalue weighted by atomic mass is 32.2. The number of sulfonamides is 1. The minimum Gasteiger partial charge on any atom is -0.377 e. The third kappa shape index (κ3) is 5.69. The molecule has 0 saturated heterocycles. The molecule has 0 aliphatic rings. The Hall–Kier alpha value is -2.36. The lowest BCUT2D eigenvalue weighted by molar-refractivity contribution is 0.122. The van der Waals surface area contributed by atoms with Gasteiger partial charge >= 0.3 is 0 Å². The van der Waals surface area contributed by atoms with E-state index in [9.17, 15) is 8.42 Å². The number of nitrogens with zero attached hydrogens (tertiary/aromatic N) is 1. The van der Waals surface area contributed by atoms with Crippen molar-refractivity contribution in [3.63, 3.8) is 0 Å². The summed E-state index contributed by atoms with van der Waals surface area (Å²) >= 11 is 0. The highest BCUT2D eigenvalue weighted by Crippen LogP contribution is 2.18. The van der Waals surface area contributed by atoms with Gasteiger partial charge in [0.05, 0.1) is 29.7 Å². The standard InChI is InChI=1S/C18H20N2O3S/c1-15-8-9-17(13-19)12-18(15)20-24(21,22)11-5-10-23-14-16-6-3-2-4-7-16/h2-4,6-9,12,20H,5,10-11,14H2,1H3. The molecule has 0 saturated carbocycles. The molecule has 5 nitrogen and oxygen atoms in total. The van der Waals surface area contributed by atoms with Crippen LogP contribution in [0.2, 0.25) is 0 Å². The lowest BCUT2D eigenvalue weighted by Gasteiger charge is -2.11. The van der Waals surface area contributed by atoms with Crippen molar-refractivity contribution in [1.29, 1.82) is 5.26 Å². The van der Waals surface area contributed by atoms with Crippen LogP contribution in [0.1, 0.15) is 23.1 Å². The second kappa shape index (κ2) is 8.48. The van der Waals surface area contributed by atoms with Crippen LogP contribution in [0.25, 0.3) is 0 Å². The summed E-state index contributed by atoms with van der Waals surface area (Å²) < 4.78 is 32.3. The second-order valence-electron chi connectivity index (χ2n) is 5.45. The Labute approximate surface area is 142 Å². The average molecular weight is 344 g/mol. The van der Waals surface area contributed by atoms with Gasteiger partial charge in [-0.3, -0.25) is 4.72 Å². The van der Waals surface area contributed by atoms with Crippen molar-refractivity contribution in [3.8, 4) is 6.07 Å². The van der Waals surface area contributed by atoms with Gasteiger partial charge in [-0.2, -0.15) is 5.26 Å². The van der Waals surface area contributed by atoms with Crippen molar-refractivity contribution in [2.75, 3.05) is 17.1 Å². The molecule has 0 heterocycles. The number of benzene rings is 2. The molecule has 0 aromatic heterocycles. The zero-order valence-corrected chi connectivity index (χ0v) is 14.3. The number of nitriles is 1. The molecule has 0 aliphatic carbocycles. The highest BCUT2D eigenvalue weighted by Gasteiger charge is 2.12. The largest absolute Gasteiger partial charge is 0.377 e. The number of hydrogen-bond donors (Lipinski definition) is 1. The minimum absolute atomic E-state index is 0.0298. The van der Waals surface area contributed by atoms with Gasteiger partial charge in [-0.05, 0) is 36.6 Å². The molecule has 0 fully saturated rings. The Morgan fingerprint density at radius 3 is 2.62 bits per heavy atom. The maximum Gasteiger partial charge on any atom is 0.232 e. The van der Waals surface area contributed by atoms with Crippen molar-refractivity contribution >= 4 is 15.7 Å². The summed E-state index contributed by atoms with van der Waals surface area (Å²) in [5, 5.41) is 8.90. The lowest BCUT2D eigenvalue weighted by Crippen LogP contribution is -2.18. The lowest BCUT2D eigenvalue weighted by atomic mass is 10.1. The van der Waals surface area contributed by atoms with E-state index in [0.717, 1.165) is 11.1 Å². The van der Waals surface area contributed by atoms with Crippen LogP contribution in [0.5, 0.6) is 0 Å². The Morgan fingerprint density at radius 2 is 1.92 bits per heavy atom. The molecule has 0 unspecified atom stereocenters. The maximum atomic E-state index is 12.1. The summed E-state index contributed by atoms with van der Waals surface area (Å²) in [6.07, 6.45) is 0.402. The predicted molar refractivity (Wildman–Crippen MR) is 94.0 cm³/mol. The first-order valence-corrected chi connectivity index (χ1v) is 9.28. The molecular formula is C18H20N2O3S. The van der Waals surface area contributed by atoms with Gasteiger partial charge in [0.2, 0.25) is 10.0 Å². The van der Waals surface area contributed by atoms with E-state index in [1.807, 2.05) is 36.4 Å². The summed E-state index contributed by atoms with van der Waals surface area (Å²) in [5.41, 5.74) is 2.70. The van der Waals surface area contributed by atoms with E-state index in [-0.39, 0.29) is 5.75 Å². The van der Waals surface area contributed by atoms with E-state index in [2.05, 4.69) is 4.72 Å². The quantitative estimate of drug-likeness (QED) is 0.746. The van der Waals surface area contributed by atoms with E-state index in [1.54, 1.807) is 25.1 Å². The van der Waals surface area contributed by atoms with Gasteiger partial charge in [-0.25, -0.2) is 8.42 Å². The van der Waals surface area contributed by atoms with Crippen LogP contribution in [0.3, 0.4) is 0 Å². The molecule has 2 aromatic carbocycles. The molecule has 126 valence electrons. The number of ether oxygens (including phenoxy) is 1. The van der Waals surface area contributed by atoms with Crippen molar-refractivity contribution in [3.05, 3.63) is 65.2 Å². The van der Waals surface area contributed by atoms with E-state index >= 15 is 0 Å². The van der Waals surface area contributed by atoms with E-state index < -0.39 is 10.0 Å². The number of hydrogen-bond acceptors (Lipinski definition) is 4. The van der Waals surface area contributed by atoms with E-state index in [0.29, 0.717) is 30.9 Å². The number of rotatable bonds is 8. The topological polar surface area (TPSA) is 79.2 Å². The molecule has 0 aliphatic heterocycles. The summed E-state index contributed by atoms with van der Waals surface area (Å²) in [7, 11) is -3.47. The van der Waals surface area contributed by atoms with E-state index in [4.69, 9.17) is 10.00 Å². The van der Waals surface area contributed by atoms with Gasteiger partial charge < -0.3 is 4.74 Å². The summed E-state index contributed by atoms with van der Waals surface area (Å²) in [6.45, 7) is 2.63. The molecule has 6 heteroatoms. The molecule has 0 amide bonds. The van der Waals surface area contributed by atoms with Crippen LogP contribution in [0, 0.1) is 18.3 Å². The summed E-state index contributed by atoms with van der Waals surface area (Å²) in [6, 6.07) is 16.6. The molecule has 0 atom stereocenters. The van der Waals surface area contributed by atoms with Gasteiger partial charge in [0.1, 0.15) is 0 Å². The molecule has 2 aromatic rings. The van der Waals surface area contributed by atoms with Crippen molar-refractivity contribution in [2.24, 2.45) is 0 Å². The molecule has 1 N–H and O–H groups in total. The first kappa shape index (κ1) is 18.0.